The van der Waals surface area contributed by atoms with E-state index in [2.05, 4.69) is 22.4 Å². The van der Waals surface area contributed by atoms with Crippen LogP contribution in [0.25, 0.3) is 0 Å². The first-order chi connectivity index (χ1) is 9.47. The van der Waals surface area contributed by atoms with Gasteiger partial charge in [-0.05, 0) is 31.7 Å². The summed E-state index contributed by atoms with van der Waals surface area (Å²) in [5, 5.41) is 11.6. The average Bonchev–Trinajstić information content (AvgIpc) is 2.81. The molecule has 7 heteroatoms. The fraction of sp³-hybridized carbons (Fsp3) is 0.846. The summed E-state index contributed by atoms with van der Waals surface area (Å²) in [5.74, 6) is 0.480. The van der Waals surface area contributed by atoms with Crippen LogP contribution in [0.15, 0.2) is 0 Å². The highest BCUT2D eigenvalue weighted by atomic mass is 19.4. The molecule has 3 heterocycles. The lowest BCUT2D eigenvalue weighted by molar-refractivity contribution is -0.182. The molecule has 3 unspecified atom stereocenters. The van der Waals surface area contributed by atoms with Crippen molar-refractivity contribution < 1.29 is 13.2 Å². The lowest BCUT2D eigenvalue weighted by Crippen LogP contribution is -2.37. The van der Waals surface area contributed by atoms with Crippen molar-refractivity contribution in [1.29, 1.82) is 0 Å². The SMILES string of the molecule is CC1CCCNC1c1nnc2n1CC(C(F)(F)F)CC2. The van der Waals surface area contributed by atoms with Crippen molar-refractivity contribution in [3.05, 3.63) is 11.6 Å². The van der Waals surface area contributed by atoms with E-state index in [1.54, 1.807) is 4.57 Å². The maximum Gasteiger partial charge on any atom is 0.393 e. The summed E-state index contributed by atoms with van der Waals surface area (Å²) < 4.78 is 40.5. The number of fused-ring (bicyclic) bond motifs is 1. The van der Waals surface area contributed by atoms with Crippen LogP contribution >= 0.6 is 0 Å². The van der Waals surface area contributed by atoms with E-state index in [4.69, 9.17) is 0 Å². The largest absolute Gasteiger partial charge is 0.393 e. The highest BCUT2D eigenvalue weighted by molar-refractivity contribution is 5.07. The molecule has 2 aliphatic heterocycles. The first-order valence-electron chi connectivity index (χ1n) is 7.19. The maximum absolute atomic E-state index is 12.9. The molecule has 3 atom stereocenters. The normalized spacial score (nSPS) is 31.1. The number of hydrogen-bond acceptors (Lipinski definition) is 3. The molecule has 1 aromatic heterocycles. The lowest BCUT2D eigenvalue weighted by atomic mass is 9.91. The van der Waals surface area contributed by atoms with Crippen molar-refractivity contribution in [2.75, 3.05) is 6.54 Å². The van der Waals surface area contributed by atoms with Gasteiger partial charge in [-0.3, -0.25) is 0 Å². The number of aryl methyl sites for hydroxylation is 1. The van der Waals surface area contributed by atoms with E-state index in [0.717, 1.165) is 19.4 Å². The van der Waals surface area contributed by atoms with E-state index in [-0.39, 0.29) is 19.0 Å². The molecule has 1 aromatic rings. The Morgan fingerprint density at radius 1 is 1.25 bits per heavy atom. The molecule has 0 aromatic carbocycles. The summed E-state index contributed by atoms with van der Waals surface area (Å²) in [6.07, 6.45) is -1.48. The van der Waals surface area contributed by atoms with Gasteiger partial charge in [0.2, 0.25) is 0 Å². The predicted octanol–water partition coefficient (Wildman–Crippen LogP) is 2.46. The molecule has 3 rings (SSSR count). The van der Waals surface area contributed by atoms with Gasteiger partial charge in [0.15, 0.2) is 0 Å². The molecule has 1 fully saturated rings. The number of rotatable bonds is 1. The van der Waals surface area contributed by atoms with Gasteiger partial charge in [0.1, 0.15) is 11.6 Å². The number of nitrogens with zero attached hydrogens (tertiary/aromatic N) is 3. The van der Waals surface area contributed by atoms with Crippen LogP contribution in [-0.4, -0.2) is 27.5 Å². The van der Waals surface area contributed by atoms with Gasteiger partial charge in [-0.1, -0.05) is 6.92 Å². The Morgan fingerprint density at radius 3 is 2.75 bits per heavy atom. The molecular formula is C13H19F3N4. The van der Waals surface area contributed by atoms with Crippen molar-refractivity contribution in [3.63, 3.8) is 0 Å². The van der Waals surface area contributed by atoms with Gasteiger partial charge in [0.05, 0.1) is 12.0 Å². The van der Waals surface area contributed by atoms with Crippen LogP contribution in [0, 0.1) is 11.8 Å². The Hall–Kier alpha value is -1.11. The minimum atomic E-state index is -4.13. The predicted molar refractivity (Wildman–Crippen MR) is 67.0 cm³/mol. The minimum absolute atomic E-state index is 0.0250. The third kappa shape index (κ3) is 2.43. The summed E-state index contributed by atoms with van der Waals surface area (Å²) in [6.45, 7) is 2.97. The maximum atomic E-state index is 12.9. The second-order valence-electron chi connectivity index (χ2n) is 5.91. The number of alkyl halides is 3. The summed E-state index contributed by atoms with van der Waals surface area (Å²) in [5.41, 5.74) is 0. The average molecular weight is 288 g/mol. The molecular weight excluding hydrogens is 269 g/mol. The molecule has 1 saturated heterocycles. The van der Waals surface area contributed by atoms with Crippen molar-refractivity contribution >= 4 is 0 Å². The molecule has 0 aliphatic carbocycles. The first-order valence-corrected chi connectivity index (χ1v) is 7.19. The Labute approximate surface area is 115 Å². The van der Waals surface area contributed by atoms with Gasteiger partial charge in [-0.15, -0.1) is 10.2 Å². The van der Waals surface area contributed by atoms with Gasteiger partial charge in [-0.2, -0.15) is 13.2 Å². The third-order valence-corrected chi connectivity index (χ3v) is 4.49. The summed E-state index contributed by atoms with van der Waals surface area (Å²) in [6, 6.07) is 0.0250. The van der Waals surface area contributed by atoms with Gasteiger partial charge < -0.3 is 9.88 Å². The Bertz CT molecular complexity index is 482. The number of halogens is 3. The zero-order valence-corrected chi connectivity index (χ0v) is 11.5. The van der Waals surface area contributed by atoms with Gasteiger partial charge in [0.25, 0.3) is 0 Å². The fourth-order valence-corrected chi connectivity index (χ4v) is 3.24. The van der Waals surface area contributed by atoms with E-state index < -0.39 is 12.1 Å². The van der Waals surface area contributed by atoms with E-state index in [1.165, 1.54) is 0 Å². The molecule has 0 bridgehead atoms. The first kappa shape index (κ1) is 13.9. The molecule has 112 valence electrons. The third-order valence-electron chi connectivity index (χ3n) is 4.49. The standard InChI is InChI=1S/C13H19F3N4/c1-8-3-2-6-17-11(8)12-19-18-10-5-4-9(7-20(10)12)13(14,15)16/h8-9,11,17H,2-7H2,1H3. The summed E-state index contributed by atoms with van der Waals surface area (Å²) in [4.78, 5) is 0. The fourth-order valence-electron chi connectivity index (χ4n) is 3.24. The van der Waals surface area contributed by atoms with Crippen molar-refractivity contribution in [3.8, 4) is 0 Å². The summed E-state index contributed by atoms with van der Waals surface area (Å²) >= 11 is 0. The summed E-state index contributed by atoms with van der Waals surface area (Å²) in [7, 11) is 0. The van der Waals surface area contributed by atoms with Crippen LogP contribution in [0.2, 0.25) is 0 Å². The van der Waals surface area contributed by atoms with Crippen LogP contribution in [0.4, 0.5) is 13.2 Å². The highest BCUT2D eigenvalue weighted by Crippen LogP contribution is 2.36. The van der Waals surface area contributed by atoms with Crippen LogP contribution in [0.1, 0.15) is 43.9 Å². The van der Waals surface area contributed by atoms with Crippen molar-refractivity contribution in [2.45, 2.75) is 51.4 Å². The monoisotopic (exact) mass is 288 g/mol. The van der Waals surface area contributed by atoms with Gasteiger partial charge >= 0.3 is 6.18 Å². The van der Waals surface area contributed by atoms with Gasteiger partial charge in [0, 0.05) is 13.0 Å². The molecule has 1 N–H and O–H groups in total. The van der Waals surface area contributed by atoms with Crippen LogP contribution in [0.5, 0.6) is 0 Å². The van der Waals surface area contributed by atoms with Gasteiger partial charge in [-0.25, -0.2) is 0 Å². The van der Waals surface area contributed by atoms with Crippen LogP contribution < -0.4 is 5.32 Å². The Kier molecular flexibility index (Phi) is 3.48. The zero-order chi connectivity index (χ0) is 14.3. The van der Waals surface area contributed by atoms with E-state index in [9.17, 15) is 13.2 Å². The quantitative estimate of drug-likeness (QED) is 0.863. The van der Waals surface area contributed by atoms with Crippen LogP contribution in [0.3, 0.4) is 0 Å². The molecule has 20 heavy (non-hydrogen) atoms. The molecule has 4 nitrogen and oxygen atoms in total. The molecule has 0 spiro atoms. The van der Waals surface area contributed by atoms with Crippen molar-refractivity contribution in [1.82, 2.24) is 20.1 Å². The van der Waals surface area contributed by atoms with Crippen LogP contribution in [-0.2, 0) is 13.0 Å². The van der Waals surface area contributed by atoms with Crippen molar-refractivity contribution in [2.24, 2.45) is 11.8 Å². The van der Waals surface area contributed by atoms with E-state index >= 15 is 0 Å². The zero-order valence-electron chi connectivity index (χ0n) is 11.5. The highest BCUT2D eigenvalue weighted by Gasteiger charge is 2.43. The lowest BCUT2D eigenvalue weighted by Gasteiger charge is -2.32. The number of hydrogen-bond donors (Lipinski definition) is 1. The second-order valence-corrected chi connectivity index (χ2v) is 5.91. The number of nitrogens with one attached hydrogen (secondary N) is 1. The smallest absolute Gasteiger partial charge is 0.313 e. The molecule has 0 radical (unpaired) electrons. The Morgan fingerprint density at radius 2 is 2.05 bits per heavy atom. The second kappa shape index (κ2) is 5.02. The molecule has 0 saturated carbocycles. The topological polar surface area (TPSA) is 42.7 Å². The number of piperidine rings is 1. The van der Waals surface area contributed by atoms with E-state index in [0.29, 0.717) is 24.0 Å². The minimum Gasteiger partial charge on any atom is -0.313 e. The van der Waals surface area contributed by atoms with E-state index in [1.807, 2.05) is 0 Å². The Balaban J connectivity index is 1.87. The number of aromatic nitrogens is 3. The molecule has 0 amide bonds. The molecule has 2 aliphatic rings.